The van der Waals surface area contributed by atoms with Gasteiger partial charge in [-0.2, -0.15) is 0 Å². The number of nitrogens with one attached hydrogen (secondary N) is 1. The average Bonchev–Trinajstić information content (AvgIpc) is 2.95. The number of nitrogens with zero attached hydrogens (tertiary/aromatic N) is 1. The molecule has 6 heteroatoms. The van der Waals surface area contributed by atoms with Crippen molar-refractivity contribution < 1.29 is 14.7 Å². The summed E-state index contributed by atoms with van der Waals surface area (Å²) in [5.74, 6) is -0.574. The Morgan fingerprint density at radius 3 is 2.44 bits per heavy atom. The lowest BCUT2D eigenvalue weighted by molar-refractivity contribution is 0.0926. The fourth-order valence-electron chi connectivity index (χ4n) is 3.19. The molecule has 2 N–H and O–H groups in total. The molecule has 27 heavy (non-hydrogen) atoms. The molecule has 136 valence electrons. The monoisotopic (exact) mass is 380 g/mol. The standard InChI is InChI=1S/C21H17ClN2O3/c22-11-17(25)12-23-15-6-8-18-19(10-15)21(27)24(20(18)26)16-7-5-13-3-1-2-4-14(13)9-16/h1-10,17,23,25H,11-12H2. The third kappa shape index (κ3) is 3.16. The highest BCUT2D eigenvalue weighted by Gasteiger charge is 2.36. The zero-order valence-corrected chi connectivity index (χ0v) is 15.1. The van der Waals surface area contributed by atoms with Gasteiger partial charge in [0.25, 0.3) is 11.8 Å². The second-order valence-electron chi connectivity index (χ2n) is 6.43. The van der Waals surface area contributed by atoms with Crippen molar-refractivity contribution in [3.8, 4) is 0 Å². The molecule has 1 heterocycles. The first kappa shape index (κ1) is 17.5. The number of aliphatic hydroxyl groups is 1. The van der Waals surface area contributed by atoms with E-state index in [2.05, 4.69) is 5.32 Å². The molecule has 1 unspecified atom stereocenters. The number of anilines is 2. The van der Waals surface area contributed by atoms with Crippen molar-refractivity contribution >= 4 is 45.6 Å². The quantitative estimate of drug-likeness (QED) is 0.523. The molecule has 0 radical (unpaired) electrons. The summed E-state index contributed by atoms with van der Waals surface area (Å²) < 4.78 is 0. The third-order valence-electron chi connectivity index (χ3n) is 4.60. The predicted octanol–water partition coefficient (Wildman–Crippen LogP) is 3.65. The number of carbonyl (C=O) groups excluding carboxylic acids is 2. The van der Waals surface area contributed by atoms with Crippen molar-refractivity contribution in [2.45, 2.75) is 6.10 Å². The van der Waals surface area contributed by atoms with E-state index in [1.165, 1.54) is 4.90 Å². The number of hydrogen-bond acceptors (Lipinski definition) is 4. The maximum absolute atomic E-state index is 12.9. The number of alkyl halides is 1. The van der Waals surface area contributed by atoms with E-state index in [0.29, 0.717) is 22.5 Å². The van der Waals surface area contributed by atoms with Gasteiger partial charge < -0.3 is 10.4 Å². The Kier molecular flexibility index (Phi) is 4.56. The molecule has 0 aliphatic carbocycles. The fraction of sp³-hybridized carbons (Fsp3) is 0.143. The first-order valence-corrected chi connectivity index (χ1v) is 9.11. The van der Waals surface area contributed by atoms with Gasteiger partial charge in [-0.3, -0.25) is 9.59 Å². The molecule has 1 aliphatic rings. The van der Waals surface area contributed by atoms with Crippen LogP contribution in [-0.4, -0.2) is 35.4 Å². The summed E-state index contributed by atoms with van der Waals surface area (Å²) >= 11 is 5.59. The van der Waals surface area contributed by atoms with E-state index in [-0.39, 0.29) is 24.2 Å². The number of aliphatic hydroxyl groups excluding tert-OH is 1. The zero-order valence-electron chi connectivity index (χ0n) is 14.4. The molecule has 0 saturated carbocycles. The van der Waals surface area contributed by atoms with Gasteiger partial charge in [-0.15, -0.1) is 11.6 Å². The molecular formula is C21H17ClN2O3. The molecule has 0 bridgehead atoms. The minimum Gasteiger partial charge on any atom is -0.390 e. The van der Waals surface area contributed by atoms with Crippen molar-refractivity contribution in [3.05, 3.63) is 71.8 Å². The lowest BCUT2D eigenvalue weighted by Gasteiger charge is -2.14. The van der Waals surface area contributed by atoms with Crippen LogP contribution in [0.2, 0.25) is 0 Å². The Morgan fingerprint density at radius 2 is 1.67 bits per heavy atom. The number of hydrogen-bond donors (Lipinski definition) is 2. The first-order chi connectivity index (χ1) is 13.1. The molecule has 1 atom stereocenters. The lowest BCUT2D eigenvalue weighted by atomic mass is 10.1. The molecule has 0 fully saturated rings. The topological polar surface area (TPSA) is 69.6 Å². The van der Waals surface area contributed by atoms with Crippen molar-refractivity contribution in [1.82, 2.24) is 0 Å². The van der Waals surface area contributed by atoms with E-state index in [4.69, 9.17) is 11.6 Å². The number of benzene rings is 3. The molecule has 4 rings (SSSR count). The number of rotatable bonds is 5. The van der Waals surface area contributed by atoms with Gasteiger partial charge >= 0.3 is 0 Å². The summed E-state index contributed by atoms with van der Waals surface area (Å²) in [4.78, 5) is 26.9. The lowest BCUT2D eigenvalue weighted by Crippen LogP contribution is -2.29. The van der Waals surface area contributed by atoms with Crippen LogP contribution in [0, 0.1) is 0 Å². The van der Waals surface area contributed by atoms with Crippen LogP contribution >= 0.6 is 11.6 Å². The van der Waals surface area contributed by atoms with Gasteiger partial charge in [-0.25, -0.2) is 4.90 Å². The van der Waals surface area contributed by atoms with Crippen LogP contribution in [0.15, 0.2) is 60.7 Å². The van der Waals surface area contributed by atoms with Crippen molar-refractivity contribution in [2.24, 2.45) is 0 Å². The average molecular weight is 381 g/mol. The molecule has 0 aromatic heterocycles. The fourth-order valence-corrected chi connectivity index (χ4v) is 3.30. The summed E-state index contributed by atoms with van der Waals surface area (Å²) in [7, 11) is 0. The van der Waals surface area contributed by atoms with Crippen LogP contribution in [-0.2, 0) is 0 Å². The highest BCUT2D eigenvalue weighted by Crippen LogP contribution is 2.31. The van der Waals surface area contributed by atoms with E-state index < -0.39 is 6.10 Å². The second-order valence-corrected chi connectivity index (χ2v) is 6.74. The third-order valence-corrected chi connectivity index (χ3v) is 4.95. The van der Waals surface area contributed by atoms with E-state index in [0.717, 1.165) is 10.8 Å². The maximum atomic E-state index is 12.9. The molecule has 2 amide bonds. The van der Waals surface area contributed by atoms with Crippen molar-refractivity contribution in [2.75, 3.05) is 22.6 Å². The Balaban J connectivity index is 1.65. The summed E-state index contributed by atoms with van der Waals surface area (Å²) in [6.07, 6.45) is -0.689. The largest absolute Gasteiger partial charge is 0.390 e. The van der Waals surface area contributed by atoms with Crippen molar-refractivity contribution in [3.63, 3.8) is 0 Å². The van der Waals surface area contributed by atoms with Gasteiger partial charge in [0.15, 0.2) is 0 Å². The van der Waals surface area contributed by atoms with E-state index in [1.807, 2.05) is 36.4 Å². The molecular weight excluding hydrogens is 364 g/mol. The molecule has 0 spiro atoms. The van der Waals surface area contributed by atoms with E-state index in [9.17, 15) is 14.7 Å². The van der Waals surface area contributed by atoms with Gasteiger partial charge in [-0.1, -0.05) is 30.3 Å². The highest BCUT2D eigenvalue weighted by molar-refractivity contribution is 6.34. The number of amides is 2. The summed E-state index contributed by atoms with van der Waals surface area (Å²) in [5, 5.41) is 14.6. The van der Waals surface area contributed by atoms with Crippen LogP contribution < -0.4 is 10.2 Å². The maximum Gasteiger partial charge on any atom is 0.266 e. The van der Waals surface area contributed by atoms with Crippen LogP contribution in [0.25, 0.3) is 10.8 Å². The summed E-state index contributed by atoms with van der Waals surface area (Å²) in [6, 6.07) is 18.3. The molecule has 3 aromatic rings. The molecule has 0 saturated heterocycles. The zero-order chi connectivity index (χ0) is 19.0. The Hall–Kier alpha value is -2.89. The molecule has 5 nitrogen and oxygen atoms in total. The van der Waals surface area contributed by atoms with Gasteiger partial charge in [0.2, 0.25) is 0 Å². The van der Waals surface area contributed by atoms with Gasteiger partial charge in [0.1, 0.15) is 0 Å². The second kappa shape index (κ2) is 7.02. The van der Waals surface area contributed by atoms with Crippen LogP contribution in [0.3, 0.4) is 0 Å². The van der Waals surface area contributed by atoms with Crippen LogP contribution in [0.4, 0.5) is 11.4 Å². The van der Waals surface area contributed by atoms with E-state index in [1.54, 1.807) is 24.3 Å². The van der Waals surface area contributed by atoms with Gasteiger partial charge in [0.05, 0.1) is 28.8 Å². The predicted molar refractivity (Wildman–Crippen MR) is 107 cm³/mol. The number of imide groups is 1. The summed E-state index contributed by atoms with van der Waals surface area (Å²) in [6.45, 7) is 0.263. The molecule has 3 aromatic carbocycles. The van der Waals surface area contributed by atoms with Crippen LogP contribution in [0.1, 0.15) is 20.7 Å². The Labute approximate surface area is 161 Å². The van der Waals surface area contributed by atoms with Crippen molar-refractivity contribution in [1.29, 1.82) is 0 Å². The van der Waals surface area contributed by atoms with Crippen LogP contribution in [0.5, 0.6) is 0 Å². The first-order valence-electron chi connectivity index (χ1n) is 8.58. The minimum absolute atomic E-state index is 0.116. The smallest absolute Gasteiger partial charge is 0.266 e. The Bertz CT molecular complexity index is 1050. The summed E-state index contributed by atoms with van der Waals surface area (Å²) in [5.41, 5.74) is 1.92. The number of fused-ring (bicyclic) bond motifs is 2. The van der Waals surface area contributed by atoms with E-state index >= 15 is 0 Å². The highest BCUT2D eigenvalue weighted by atomic mass is 35.5. The molecule has 1 aliphatic heterocycles. The minimum atomic E-state index is -0.689. The number of halogens is 1. The number of carbonyl (C=O) groups is 2. The van der Waals surface area contributed by atoms with Gasteiger partial charge in [-0.05, 0) is 41.1 Å². The SMILES string of the molecule is O=C1c2ccc(NCC(O)CCl)cc2C(=O)N1c1ccc2ccccc2c1. The van der Waals surface area contributed by atoms with Gasteiger partial charge in [0, 0.05) is 12.2 Å². The normalized spacial score (nSPS) is 14.5. The Morgan fingerprint density at radius 1 is 0.926 bits per heavy atom.